The van der Waals surface area contributed by atoms with Gasteiger partial charge in [0.15, 0.2) is 5.82 Å². The zero-order valence-electron chi connectivity index (χ0n) is 8.99. The molecule has 0 unspecified atom stereocenters. The molecule has 1 atom stereocenters. The Balaban J connectivity index is 2.31. The normalized spacial score (nSPS) is 19.7. The number of carbonyl (C=O) groups excluding carboxylic acids is 1. The average Bonchev–Trinajstić information content (AvgIpc) is 2.69. The van der Waals surface area contributed by atoms with Crippen LogP contribution in [0.2, 0.25) is 0 Å². The van der Waals surface area contributed by atoms with E-state index in [-0.39, 0.29) is 6.54 Å². The van der Waals surface area contributed by atoms with Crippen LogP contribution in [0.15, 0.2) is 12.1 Å². The highest BCUT2D eigenvalue weighted by molar-refractivity contribution is 5.95. The first-order chi connectivity index (χ1) is 7.99. The molecule has 1 aromatic carbocycles. The van der Waals surface area contributed by atoms with Crippen LogP contribution in [0, 0.1) is 11.6 Å². The average molecular weight is 242 g/mol. The molecule has 0 saturated carbocycles. The number of nitrogens with zero attached hydrogens (tertiary/aromatic N) is 1. The van der Waals surface area contributed by atoms with E-state index in [0.717, 1.165) is 12.1 Å². The first-order valence-corrected chi connectivity index (χ1v) is 5.21. The summed E-state index contributed by atoms with van der Waals surface area (Å²) < 4.78 is 26.6. The van der Waals surface area contributed by atoms with Gasteiger partial charge in [-0.2, -0.15) is 0 Å². The van der Waals surface area contributed by atoms with E-state index in [1.54, 1.807) is 0 Å². The van der Waals surface area contributed by atoms with E-state index in [4.69, 9.17) is 5.73 Å². The molecule has 1 heterocycles. The lowest BCUT2D eigenvalue weighted by molar-refractivity contribution is 0.0760. The fourth-order valence-corrected chi connectivity index (χ4v) is 1.86. The Bertz CT molecular complexity index is 465. The molecule has 3 N–H and O–H groups in total. The maximum absolute atomic E-state index is 13.6. The third-order valence-electron chi connectivity index (χ3n) is 2.75. The molecule has 1 amide bonds. The fraction of sp³-hybridized carbons (Fsp3) is 0.364. The lowest BCUT2D eigenvalue weighted by Crippen LogP contribution is -2.30. The highest BCUT2D eigenvalue weighted by atomic mass is 19.1. The number of aliphatic hydroxyl groups excluding tert-OH is 1. The maximum Gasteiger partial charge on any atom is 0.257 e. The van der Waals surface area contributed by atoms with Crippen molar-refractivity contribution in [2.24, 2.45) is 0 Å². The van der Waals surface area contributed by atoms with E-state index in [1.165, 1.54) is 4.90 Å². The summed E-state index contributed by atoms with van der Waals surface area (Å²) >= 11 is 0. The number of anilines is 1. The second kappa shape index (κ2) is 4.29. The van der Waals surface area contributed by atoms with Crippen LogP contribution in [0.4, 0.5) is 14.5 Å². The molecule has 1 aliphatic rings. The molecule has 6 heteroatoms. The monoisotopic (exact) mass is 242 g/mol. The molecule has 0 aromatic heterocycles. The molecule has 1 aliphatic heterocycles. The van der Waals surface area contributed by atoms with Crippen LogP contribution in [0.1, 0.15) is 16.8 Å². The standard InChI is InChI=1S/C11H12F2N2O2/c12-6-3-8(10(13)9(14)4-6)11(17)15-2-1-7(16)5-15/h3-4,7,16H,1-2,5,14H2/t7-/m1/s1. The summed E-state index contributed by atoms with van der Waals surface area (Å²) in [5.74, 6) is -2.32. The third-order valence-corrected chi connectivity index (χ3v) is 2.75. The lowest BCUT2D eigenvalue weighted by Gasteiger charge is -2.16. The van der Waals surface area contributed by atoms with E-state index in [1.807, 2.05) is 0 Å². The number of benzene rings is 1. The number of amides is 1. The van der Waals surface area contributed by atoms with Crippen LogP contribution < -0.4 is 5.73 Å². The van der Waals surface area contributed by atoms with Gasteiger partial charge in [-0.3, -0.25) is 4.79 Å². The Morgan fingerprint density at radius 3 is 2.76 bits per heavy atom. The van der Waals surface area contributed by atoms with Gasteiger partial charge in [-0.05, 0) is 18.6 Å². The summed E-state index contributed by atoms with van der Waals surface area (Å²) in [6.07, 6.45) is -0.161. The van der Waals surface area contributed by atoms with Crippen LogP contribution in [0.3, 0.4) is 0 Å². The molecule has 1 fully saturated rings. The number of aliphatic hydroxyl groups is 1. The molecule has 17 heavy (non-hydrogen) atoms. The van der Waals surface area contributed by atoms with Gasteiger partial charge in [-0.15, -0.1) is 0 Å². The number of rotatable bonds is 1. The Hall–Kier alpha value is -1.69. The fourth-order valence-electron chi connectivity index (χ4n) is 1.86. The summed E-state index contributed by atoms with van der Waals surface area (Å²) in [6, 6.07) is 1.64. The first kappa shape index (κ1) is 11.8. The largest absolute Gasteiger partial charge is 0.396 e. The Morgan fingerprint density at radius 1 is 1.47 bits per heavy atom. The van der Waals surface area contributed by atoms with Gasteiger partial charge in [0.05, 0.1) is 17.4 Å². The highest BCUT2D eigenvalue weighted by Crippen LogP contribution is 2.21. The van der Waals surface area contributed by atoms with Crippen molar-refractivity contribution in [3.05, 3.63) is 29.3 Å². The van der Waals surface area contributed by atoms with Crippen molar-refractivity contribution in [2.45, 2.75) is 12.5 Å². The van der Waals surface area contributed by atoms with Gasteiger partial charge < -0.3 is 15.7 Å². The molecule has 0 spiro atoms. The highest BCUT2D eigenvalue weighted by Gasteiger charge is 2.28. The van der Waals surface area contributed by atoms with Gasteiger partial charge in [0, 0.05) is 13.1 Å². The molecular weight excluding hydrogens is 230 g/mol. The number of likely N-dealkylation sites (tertiary alicyclic amines) is 1. The minimum atomic E-state index is -0.919. The summed E-state index contributed by atoms with van der Waals surface area (Å²) in [5.41, 5.74) is 4.46. The number of hydrogen-bond donors (Lipinski definition) is 2. The summed E-state index contributed by atoms with van der Waals surface area (Å²) in [5, 5.41) is 9.29. The van der Waals surface area contributed by atoms with E-state index >= 15 is 0 Å². The molecular formula is C11H12F2N2O2. The van der Waals surface area contributed by atoms with Crippen molar-refractivity contribution in [2.75, 3.05) is 18.8 Å². The Labute approximate surface area is 96.6 Å². The zero-order valence-corrected chi connectivity index (χ0v) is 8.99. The summed E-state index contributed by atoms with van der Waals surface area (Å²) in [4.78, 5) is 13.2. The second-order valence-electron chi connectivity index (χ2n) is 4.05. The quantitative estimate of drug-likeness (QED) is 0.714. The Kier molecular flexibility index (Phi) is 2.97. The minimum absolute atomic E-state index is 0.134. The van der Waals surface area contributed by atoms with Crippen molar-refractivity contribution in [3.63, 3.8) is 0 Å². The number of halogens is 2. The number of carbonyl (C=O) groups is 1. The van der Waals surface area contributed by atoms with Crippen molar-refractivity contribution in [3.8, 4) is 0 Å². The molecule has 92 valence electrons. The van der Waals surface area contributed by atoms with Gasteiger partial charge in [-0.25, -0.2) is 8.78 Å². The van der Waals surface area contributed by atoms with Crippen molar-refractivity contribution in [1.29, 1.82) is 0 Å². The van der Waals surface area contributed by atoms with Crippen LogP contribution >= 0.6 is 0 Å². The van der Waals surface area contributed by atoms with Gasteiger partial charge >= 0.3 is 0 Å². The van der Waals surface area contributed by atoms with E-state index < -0.39 is 34.9 Å². The zero-order chi connectivity index (χ0) is 12.6. The predicted octanol–water partition coefficient (Wildman–Crippen LogP) is 0.754. The maximum atomic E-state index is 13.6. The van der Waals surface area contributed by atoms with Crippen molar-refractivity contribution in [1.82, 2.24) is 4.90 Å². The second-order valence-corrected chi connectivity index (χ2v) is 4.05. The van der Waals surface area contributed by atoms with Crippen molar-refractivity contribution >= 4 is 11.6 Å². The predicted molar refractivity (Wildman–Crippen MR) is 57.3 cm³/mol. The SMILES string of the molecule is Nc1cc(F)cc(C(=O)N2CC[C@@H](O)C2)c1F. The third kappa shape index (κ3) is 2.21. The van der Waals surface area contributed by atoms with Crippen LogP contribution in [-0.4, -0.2) is 35.1 Å². The van der Waals surface area contributed by atoms with Crippen molar-refractivity contribution < 1.29 is 18.7 Å². The molecule has 1 aromatic rings. The molecule has 2 rings (SSSR count). The smallest absolute Gasteiger partial charge is 0.257 e. The van der Waals surface area contributed by atoms with Gasteiger partial charge in [0.1, 0.15) is 5.82 Å². The van der Waals surface area contributed by atoms with E-state index in [2.05, 4.69) is 0 Å². The molecule has 0 radical (unpaired) electrons. The van der Waals surface area contributed by atoms with E-state index in [9.17, 15) is 18.7 Å². The number of β-amino-alcohol motifs (C(OH)–C–C–N with tert-alkyl or cyclic N) is 1. The summed E-state index contributed by atoms with van der Waals surface area (Å²) in [7, 11) is 0. The first-order valence-electron chi connectivity index (χ1n) is 5.21. The number of nitrogen functional groups attached to an aromatic ring is 1. The molecule has 0 bridgehead atoms. The van der Waals surface area contributed by atoms with Gasteiger partial charge in [0.2, 0.25) is 0 Å². The molecule has 4 nitrogen and oxygen atoms in total. The molecule has 1 saturated heterocycles. The Morgan fingerprint density at radius 2 is 2.18 bits per heavy atom. The van der Waals surface area contributed by atoms with Crippen LogP contribution in [0.5, 0.6) is 0 Å². The minimum Gasteiger partial charge on any atom is -0.396 e. The topological polar surface area (TPSA) is 66.6 Å². The van der Waals surface area contributed by atoms with Crippen LogP contribution in [-0.2, 0) is 0 Å². The number of hydrogen-bond acceptors (Lipinski definition) is 3. The van der Waals surface area contributed by atoms with Gasteiger partial charge in [-0.1, -0.05) is 0 Å². The molecule has 0 aliphatic carbocycles. The van der Waals surface area contributed by atoms with E-state index in [0.29, 0.717) is 13.0 Å². The number of nitrogens with two attached hydrogens (primary N) is 1. The van der Waals surface area contributed by atoms with Crippen LogP contribution in [0.25, 0.3) is 0 Å². The lowest BCUT2D eigenvalue weighted by atomic mass is 10.1. The summed E-state index contributed by atoms with van der Waals surface area (Å²) in [6.45, 7) is 0.463. The van der Waals surface area contributed by atoms with Gasteiger partial charge in [0.25, 0.3) is 5.91 Å².